The van der Waals surface area contributed by atoms with Crippen molar-refractivity contribution >= 4 is 35.6 Å². The van der Waals surface area contributed by atoms with E-state index in [2.05, 4.69) is 28.2 Å². The summed E-state index contributed by atoms with van der Waals surface area (Å²) in [7, 11) is 5.31. The number of anilines is 2. The molecule has 1 saturated heterocycles. The van der Waals surface area contributed by atoms with Crippen molar-refractivity contribution in [3.63, 3.8) is 0 Å². The number of carbonyl (C=O) groups is 2. The fourth-order valence-electron chi connectivity index (χ4n) is 7.08. The van der Waals surface area contributed by atoms with E-state index in [1.807, 2.05) is 53.8 Å². The lowest BCUT2D eigenvalue weighted by atomic mass is 9.92. The first-order chi connectivity index (χ1) is 24.2. The molecule has 0 unspecified atom stereocenters. The minimum Gasteiger partial charge on any atom is -0.508 e. The molecule has 4 heterocycles. The van der Waals surface area contributed by atoms with Crippen LogP contribution in [-0.4, -0.2) is 87.1 Å². The lowest BCUT2D eigenvalue weighted by Gasteiger charge is -2.40. The Bertz CT molecular complexity index is 2030. The van der Waals surface area contributed by atoms with Gasteiger partial charge < -0.3 is 24.0 Å². The van der Waals surface area contributed by atoms with Gasteiger partial charge in [0.2, 0.25) is 0 Å². The summed E-state index contributed by atoms with van der Waals surface area (Å²) in [4.78, 5) is 35.3. The van der Waals surface area contributed by atoms with Crippen molar-refractivity contribution < 1.29 is 24.2 Å². The highest BCUT2D eigenvalue weighted by atomic mass is 35.5. The number of ether oxygens (including phenoxy) is 2. The maximum Gasteiger partial charge on any atom is 0.264 e. The molecule has 2 aliphatic heterocycles. The number of halogens is 1. The number of phenolic OH excluding ortho intramolecular Hbond substituents is 1. The Morgan fingerprint density at radius 2 is 1.69 bits per heavy atom. The Morgan fingerprint density at radius 3 is 2.37 bits per heavy atom. The molecular weight excluding hydrogens is 668 g/mol. The molecule has 2 amide bonds. The fraction of sp³-hybridized carbons (Fsp3) is 0.308. The first-order valence-corrected chi connectivity index (χ1v) is 16.9. The lowest BCUT2D eigenvalue weighted by Crippen LogP contribution is -2.52. The summed E-state index contributed by atoms with van der Waals surface area (Å²) >= 11 is 0. The normalized spacial score (nSPS) is 15.9. The third-order valence-corrected chi connectivity index (χ3v) is 9.95. The first-order valence-electron chi connectivity index (χ1n) is 16.9. The summed E-state index contributed by atoms with van der Waals surface area (Å²) < 4.78 is 14.9. The average molecular weight is 711 g/mol. The topological polar surface area (TPSA) is 105 Å². The van der Waals surface area contributed by atoms with Crippen molar-refractivity contribution in [3.05, 3.63) is 113 Å². The minimum atomic E-state index is -0.267. The molecule has 266 valence electrons. The number of aromatic hydroxyl groups is 1. The summed E-state index contributed by atoms with van der Waals surface area (Å²) in [6, 6.07) is 22.2. The second-order valence-electron chi connectivity index (χ2n) is 13.0. The Hall–Kier alpha value is -5.10. The highest BCUT2D eigenvalue weighted by Gasteiger charge is 2.34. The molecule has 1 fully saturated rings. The van der Waals surface area contributed by atoms with Gasteiger partial charge in [0.05, 0.1) is 37.8 Å². The molecule has 0 radical (unpaired) electrons. The van der Waals surface area contributed by atoms with Gasteiger partial charge in [-0.1, -0.05) is 24.3 Å². The monoisotopic (exact) mass is 710 g/mol. The summed E-state index contributed by atoms with van der Waals surface area (Å²) in [5.74, 6) is 0.378. The molecule has 0 saturated carbocycles. The highest BCUT2D eigenvalue weighted by Crippen LogP contribution is 2.36. The zero-order valence-electron chi connectivity index (χ0n) is 29.3. The van der Waals surface area contributed by atoms with Gasteiger partial charge in [0.25, 0.3) is 11.8 Å². The molecule has 3 aromatic carbocycles. The van der Waals surface area contributed by atoms with Gasteiger partial charge in [0.15, 0.2) is 0 Å². The number of morpholine rings is 1. The molecule has 11 nitrogen and oxygen atoms in total. The number of aryl methyl sites for hydroxylation is 1. The summed E-state index contributed by atoms with van der Waals surface area (Å²) in [5, 5.41) is 14.3. The van der Waals surface area contributed by atoms with Gasteiger partial charge in [-0.15, -0.1) is 12.4 Å². The number of amides is 2. The van der Waals surface area contributed by atoms with Crippen LogP contribution in [0.2, 0.25) is 0 Å². The molecule has 2 aromatic heterocycles. The van der Waals surface area contributed by atoms with Crippen LogP contribution in [0, 0.1) is 6.92 Å². The van der Waals surface area contributed by atoms with Crippen molar-refractivity contribution in [1.29, 1.82) is 0 Å². The number of hydrogen-bond acceptors (Lipinski definition) is 7. The van der Waals surface area contributed by atoms with Crippen LogP contribution in [0.4, 0.5) is 11.4 Å². The Morgan fingerprint density at radius 1 is 0.961 bits per heavy atom. The molecule has 2 aliphatic rings. The molecule has 5 aromatic rings. The highest BCUT2D eigenvalue weighted by molar-refractivity contribution is 6.12. The molecule has 12 heteroatoms. The van der Waals surface area contributed by atoms with E-state index in [0.717, 1.165) is 37.3 Å². The van der Waals surface area contributed by atoms with Gasteiger partial charge in [-0.25, -0.2) is 0 Å². The van der Waals surface area contributed by atoms with E-state index >= 15 is 0 Å². The number of fused-ring (bicyclic) bond motifs is 1. The van der Waals surface area contributed by atoms with Crippen LogP contribution in [0.15, 0.2) is 85.2 Å². The summed E-state index contributed by atoms with van der Waals surface area (Å²) in [6.07, 6.45) is 4.17. The van der Waals surface area contributed by atoms with E-state index in [1.54, 1.807) is 60.4 Å². The quantitative estimate of drug-likeness (QED) is 0.219. The lowest BCUT2D eigenvalue weighted by molar-refractivity contribution is 0.0193. The second kappa shape index (κ2) is 15.0. The van der Waals surface area contributed by atoms with Gasteiger partial charge in [-0.2, -0.15) is 5.10 Å². The van der Waals surface area contributed by atoms with E-state index in [4.69, 9.17) is 9.47 Å². The van der Waals surface area contributed by atoms with E-state index in [1.165, 1.54) is 5.56 Å². The van der Waals surface area contributed by atoms with Crippen LogP contribution in [0.3, 0.4) is 0 Å². The largest absolute Gasteiger partial charge is 0.508 e. The first kappa shape index (κ1) is 35.7. The number of rotatable bonds is 8. The number of phenols is 1. The van der Waals surface area contributed by atoms with Gasteiger partial charge in [-0.3, -0.25) is 24.1 Å². The molecular formula is C39H43ClN6O5. The molecule has 51 heavy (non-hydrogen) atoms. The number of methoxy groups -OCH3 is 1. The van der Waals surface area contributed by atoms with Gasteiger partial charge in [-0.05, 0) is 73.0 Å². The third-order valence-electron chi connectivity index (χ3n) is 9.95. The van der Waals surface area contributed by atoms with Crippen LogP contribution in [-0.2, 0) is 31.8 Å². The maximum atomic E-state index is 14.8. The zero-order valence-corrected chi connectivity index (χ0v) is 30.1. The Labute approximate surface area is 304 Å². The standard InChI is InChI=1S/C39H42N6O5.ClH/c1-26-35(39(48)45(31-22-40-41(2)24-31)29-9-11-32(46)12-10-29)21-37(42(26)3)36-20-33(49-4)13-14-34(36)38(47)44-23-28-8-6-5-7-27(28)19-30(44)25-43-15-17-50-18-16-43;/h5-14,20-22,24,30,46H,15-19,23,25H2,1-4H3;1H/t30-;/m0./s1. The molecule has 0 aliphatic carbocycles. The van der Waals surface area contributed by atoms with E-state index in [-0.39, 0.29) is 36.0 Å². The van der Waals surface area contributed by atoms with E-state index in [0.29, 0.717) is 59.3 Å². The van der Waals surface area contributed by atoms with Crippen molar-refractivity contribution in [2.45, 2.75) is 25.9 Å². The molecule has 0 spiro atoms. The van der Waals surface area contributed by atoms with Crippen LogP contribution >= 0.6 is 12.4 Å². The number of benzene rings is 3. The predicted octanol–water partition coefficient (Wildman–Crippen LogP) is 5.75. The molecule has 0 bridgehead atoms. The van der Waals surface area contributed by atoms with Gasteiger partial charge in [0.1, 0.15) is 11.5 Å². The van der Waals surface area contributed by atoms with Crippen LogP contribution < -0.4 is 9.64 Å². The average Bonchev–Trinajstić information content (AvgIpc) is 3.70. The van der Waals surface area contributed by atoms with Crippen LogP contribution in [0.1, 0.15) is 37.5 Å². The van der Waals surface area contributed by atoms with Crippen LogP contribution in [0.25, 0.3) is 11.3 Å². The zero-order chi connectivity index (χ0) is 34.9. The van der Waals surface area contributed by atoms with Crippen molar-refractivity contribution in [1.82, 2.24) is 24.1 Å². The van der Waals surface area contributed by atoms with Crippen LogP contribution in [0.5, 0.6) is 11.5 Å². The number of aromatic nitrogens is 3. The van der Waals surface area contributed by atoms with Gasteiger partial charge >= 0.3 is 0 Å². The van der Waals surface area contributed by atoms with E-state index in [9.17, 15) is 14.7 Å². The van der Waals surface area contributed by atoms with Crippen molar-refractivity contribution in [2.75, 3.05) is 44.9 Å². The number of nitrogens with zero attached hydrogens (tertiary/aromatic N) is 6. The smallest absolute Gasteiger partial charge is 0.264 e. The van der Waals surface area contributed by atoms with E-state index < -0.39 is 0 Å². The molecule has 7 rings (SSSR count). The maximum absolute atomic E-state index is 14.8. The number of carbonyl (C=O) groups excluding carboxylic acids is 2. The second-order valence-corrected chi connectivity index (χ2v) is 13.0. The summed E-state index contributed by atoms with van der Waals surface area (Å²) in [5.41, 5.74) is 6.74. The predicted molar refractivity (Wildman–Crippen MR) is 198 cm³/mol. The Balaban J connectivity index is 0.00000448. The Kier molecular flexibility index (Phi) is 10.5. The SMILES string of the molecule is COc1ccc(C(=O)N2Cc3ccccc3C[C@H]2CN2CCOCC2)c(-c2cc(C(=O)N(c3ccc(O)cc3)c3cnn(C)c3)c(C)n2C)c1.Cl. The molecule has 1 atom stereocenters. The molecule has 1 N–H and O–H groups in total. The summed E-state index contributed by atoms with van der Waals surface area (Å²) in [6.45, 7) is 6.24. The fourth-order valence-corrected chi connectivity index (χ4v) is 7.08. The van der Waals surface area contributed by atoms with Gasteiger partial charge in [0, 0.05) is 80.7 Å². The van der Waals surface area contributed by atoms with Crippen molar-refractivity contribution in [2.24, 2.45) is 14.1 Å². The van der Waals surface area contributed by atoms with Crippen molar-refractivity contribution in [3.8, 4) is 22.8 Å². The third kappa shape index (κ3) is 7.10. The minimum absolute atomic E-state index is 0. The number of hydrogen-bond donors (Lipinski definition) is 1.